The Morgan fingerprint density at radius 3 is 1.39 bits per heavy atom. The lowest BCUT2D eigenvalue weighted by atomic mass is 9.78. The quantitative estimate of drug-likeness (QED) is 0.162. The van der Waals surface area contributed by atoms with E-state index in [0.29, 0.717) is 0 Å². The van der Waals surface area contributed by atoms with Gasteiger partial charge in [-0.2, -0.15) is 0 Å². The fourth-order valence-electron chi connectivity index (χ4n) is 11.9. The summed E-state index contributed by atoms with van der Waals surface area (Å²) >= 11 is 0. The first kappa shape index (κ1) is 34.6. The van der Waals surface area contributed by atoms with E-state index in [0.717, 1.165) is 17.1 Å². The molecule has 0 unspecified atom stereocenters. The first-order chi connectivity index (χ1) is 29.8. The number of rotatable bonds is 3. The summed E-state index contributed by atoms with van der Waals surface area (Å²) in [6, 6.07) is 70.7. The van der Waals surface area contributed by atoms with Gasteiger partial charge in [0.05, 0.1) is 0 Å². The number of hydrogen-bond donors (Lipinski definition) is 0. The van der Waals surface area contributed by atoms with Crippen molar-refractivity contribution in [2.75, 3.05) is 4.90 Å². The van der Waals surface area contributed by atoms with Gasteiger partial charge in [-0.1, -0.05) is 167 Å². The maximum absolute atomic E-state index is 2.48. The van der Waals surface area contributed by atoms with E-state index in [9.17, 15) is 0 Å². The topological polar surface area (TPSA) is 3.24 Å². The van der Waals surface area contributed by atoms with Gasteiger partial charge in [-0.05, 0) is 158 Å². The smallest absolute Gasteiger partial charge is 0.0468 e. The molecule has 288 valence electrons. The fourth-order valence-corrected chi connectivity index (χ4v) is 11.9. The first-order valence-electron chi connectivity index (χ1n) is 21.7. The molecule has 0 saturated heterocycles. The fraction of sp³-hybridized carbons (Fsp3) is 0.100. The van der Waals surface area contributed by atoms with Crippen LogP contribution in [0.1, 0.15) is 49.9 Å². The van der Waals surface area contributed by atoms with Crippen LogP contribution in [0, 0.1) is 0 Å². The summed E-state index contributed by atoms with van der Waals surface area (Å²) in [6.45, 7) is 9.70. The number of fused-ring (bicyclic) bond motifs is 19. The van der Waals surface area contributed by atoms with Crippen LogP contribution in [0.3, 0.4) is 0 Å². The van der Waals surface area contributed by atoms with Crippen molar-refractivity contribution in [1.29, 1.82) is 0 Å². The molecule has 0 bridgehead atoms. The molecule has 11 aromatic rings. The van der Waals surface area contributed by atoms with Gasteiger partial charge in [-0.3, -0.25) is 0 Å². The molecule has 1 heteroatoms. The molecule has 0 atom stereocenters. The molecular formula is C60H43N. The lowest BCUT2D eigenvalue weighted by Crippen LogP contribution is -2.16. The lowest BCUT2D eigenvalue weighted by Gasteiger charge is -2.28. The predicted molar refractivity (Wildman–Crippen MR) is 261 cm³/mol. The molecule has 0 radical (unpaired) electrons. The molecule has 0 amide bonds. The van der Waals surface area contributed by atoms with Crippen molar-refractivity contribution < 1.29 is 0 Å². The van der Waals surface area contributed by atoms with Crippen LogP contribution in [0.5, 0.6) is 0 Å². The molecule has 0 aromatic heterocycles. The molecule has 61 heavy (non-hydrogen) atoms. The Bertz CT molecular complexity index is 3640. The minimum Gasteiger partial charge on any atom is -0.310 e. The lowest BCUT2D eigenvalue weighted by molar-refractivity contribution is 0.667. The van der Waals surface area contributed by atoms with Crippen molar-refractivity contribution in [2.24, 2.45) is 0 Å². The molecule has 2 aliphatic carbocycles. The van der Waals surface area contributed by atoms with Crippen LogP contribution in [0.25, 0.3) is 86.9 Å². The van der Waals surface area contributed by atoms with E-state index in [4.69, 9.17) is 0 Å². The van der Waals surface area contributed by atoms with Crippen LogP contribution in [-0.2, 0) is 10.8 Å². The zero-order valence-corrected chi connectivity index (χ0v) is 34.8. The molecule has 1 nitrogen and oxygen atoms in total. The number of hydrogen-bond acceptors (Lipinski definition) is 1. The molecule has 13 rings (SSSR count). The van der Waals surface area contributed by atoms with E-state index in [-0.39, 0.29) is 10.8 Å². The third kappa shape index (κ3) is 4.61. The first-order valence-corrected chi connectivity index (χ1v) is 21.7. The van der Waals surface area contributed by atoms with E-state index in [1.807, 2.05) is 0 Å². The van der Waals surface area contributed by atoms with E-state index in [1.165, 1.54) is 109 Å². The summed E-state index contributed by atoms with van der Waals surface area (Å²) in [5, 5.41) is 15.8. The van der Waals surface area contributed by atoms with Crippen molar-refractivity contribution in [3.05, 3.63) is 210 Å². The van der Waals surface area contributed by atoms with Crippen LogP contribution < -0.4 is 4.90 Å². The Kier molecular flexibility index (Phi) is 6.91. The largest absolute Gasteiger partial charge is 0.310 e. The summed E-state index contributed by atoms with van der Waals surface area (Å²) in [4.78, 5) is 2.43. The molecule has 0 spiro atoms. The average Bonchev–Trinajstić information content (AvgIpc) is 3.69. The van der Waals surface area contributed by atoms with Gasteiger partial charge in [0.2, 0.25) is 0 Å². The van der Waals surface area contributed by atoms with Gasteiger partial charge in [0.1, 0.15) is 0 Å². The minimum atomic E-state index is -0.181. The molecule has 11 aromatic carbocycles. The van der Waals surface area contributed by atoms with Crippen molar-refractivity contribution in [2.45, 2.75) is 38.5 Å². The highest BCUT2D eigenvalue weighted by Gasteiger charge is 2.41. The number of nitrogens with zero attached hydrogens (tertiary/aromatic N) is 1. The van der Waals surface area contributed by atoms with E-state index >= 15 is 0 Å². The predicted octanol–water partition coefficient (Wildman–Crippen LogP) is 16.7. The van der Waals surface area contributed by atoms with Crippen molar-refractivity contribution in [1.82, 2.24) is 0 Å². The summed E-state index contributed by atoms with van der Waals surface area (Å²) in [7, 11) is 0. The molecule has 0 N–H and O–H groups in total. The third-order valence-corrected chi connectivity index (χ3v) is 14.4. The number of anilines is 3. The van der Waals surface area contributed by atoms with Crippen LogP contribution in [0.4, 0.5) is 17.1 Å². The van der Waals surface area contributed by atoms with Gasteiger partial charge in [0.25, 0.3) is 0 Å². The van der Waals surface area contributed by atoms with Crippen LogP contribution in [-0.4, -0.2) is 0 Å². The van der Waals surface area contributed by atoms with Crippen molar-refractivity contribution >= 4 is 81.7 Å². The minimum absolute atomic E-state index is 0.164. The average molecular weight is 778 g/mol. The number of benzene rings is 11. The molecule has 0 fully saturated rings. The Morgan fingerprint density at radius 2 is 0.770 bits per heavy atom. The van der Waals surface area contributed by atoms with E-state index < -0.39 is 0 Å². The normalized spacial score (nSPS) is 14.5. The van der Waals surface area contributed by atoms with Gasteiger partial charge in [0.15, 0.2) is 0 Å². The zero-order valence-electron chi connectivity index (χ0n) is 34.8. The molecule has 2 aliphatic rings. The van der Waals surface area contributed by atoms with Gasteiger partial charge in [-0.15, -0.1) is 0 Å². The second kappa shape index (κ2) is 12.2. The Morgan fingerprint density at radius 1 is 0.295 bits per heavy atom. The zero-order chi connectivity index (χ0) is 40.8. The SMILES string of the molecule is CC1(C)c2cc3cc(N(c4ccccc4)c4ccc5c6c(ccc5c4)-c4c(c5ccccc5c5ccccc45)C6(C)C)ccc3cc2-c2c1c1ccccc1c1ccccc21. The maximum Gasteiger partial charge on any atom is 0.0468 e. The van der Waals surface area contributed by atoms with Gasteiger partial charge < -0.3 is 4.90 Å². The highest BCUT2D eigenvalue weighted by molar-refractivity contribution is 6.21. The molecule has 0 aliphatic heterocycles. The van der Waals surface area contributed by atoms with Crippen LogP contribution >= 0.6 is 0 Å². The molecule has 0 heterocycles. The summed E-state index contributed by atoms with van der Waals surface area (Å²) < 4.78 is 0. The second-order valence-corrected chi connectivity index (χ2v) is 18.4. The van der Waals surface area contributed by atoms with Gasteiger partial charge in [0, 0.05) is 27.9 Å². The van der Waals surface area contributed by atoms with Crippen LogP contribution in [0.15, 0.2) is 188 Å². The van der Waals surface area contributed by atoms with Crippen molar-refractivity contribution in [3.63, 3.8) is 0 Å². The second-order valence-electron chi connectivity index (χ2n) is 18.4. The van der Waals surface area contributed by atoms with E-state index in [2.05, 4.69) is 221 Å². The van der Waals surface area contributed by atoms with Gasteiger partial charge in [-0.25, -0.2) is 0 Å². The Balaban J connectivity index is 0.981. The maximum atomic E-state index is 2.48. The highest BCUT2D eigenvalue weighted by Crippen LogP contribution is 2.58. The van der Waals surface area contributed by atoms with Crippen molar-refractivity contribution in [3.8, 4) is 22.3 Å². The summed E-state index contributed by atoms with van der Waals surface area (Å²) in [5.41, 5.74) is 14.3. The Hall–Kier alpha value is -7.22. The highest BCUT2D eigenvalue weighted by atomic mass is 15.1. The molecule has 0 saturated carbocycles. The standard InChI is InChI=1S/C60H43N/c1-59(2)53-35-38-33-40(28-26-36(38)34-52(53)55-48-23-13-9-19-44(48)45-20-10-14-24-49(45)57(55)59)61(39-16-6-5-7-17-39)41-29-31-42-37(32-41)27-30-51-54-47-22-12-8-18-43(47)46-21-11-15-25-50(46)58(54)60(3,4)56(42)51/h5-35H,1-4H3. The summed E-state index contributed by atoms with van der Waals surface area (Å²) in [5.74, 6) is 0. The molecular weight excluding hydrogens is 735 g/mol. The monoisotopic (exact) mass is 777 g/mol. The van der Waals surface area contributed by atoms with E-state index in [1.54, 1.807) is 0 Å². The third-order valence-electron chi connectivity index (χ3n) is 14.4. The Labute approximate surface area is 356 Å². The number of para-hydroxylation sites is 1. The summed E-state index contributed by atoms with van der Waals surface area (Å²) in [6.07, 6.45) is 0. The van der Waals surface area contributed by atoms with Crippen LogP contribution in [0.2, 0.25) is 0 Å². The van der Waals surface area contributed by atoms with Gasteiger partial charge >= 0.3 is 0 Å².